The molecule has 126 valence electrons. The highest BCUT2D eigenvalue weighted by molar-refractivity contribution is 6.31. The highest BCUT2D eigenvalue weighted by Crippen LogP contribution is 2.26. The molecule has 1 heterocycles. The fraction of sp³-hybridized carbons (Fsp3) is 0.611. The number of rotatable bonds is 2. The third-order valence-corrected chi connectivity index (χ3v) is 3.57. The van der Waals surface area contributed by atoms with Gasteiger partial charge in [0, 0.05) is 18.1 Å². The van der Waals surface area contributed by atoms with Crippen LogP contribution in [-0.2, 0) is 0 Å². The van der Waals surface area contributed by atoms with E-state index < -0.39 is 0 Å². The van der Waals surface area contributed by atoms with Gasteiger partial charge in [0.2, 0.25) is 0 Å². The highest BCUT2D eigenvalue weighted by atomic mass is 35.5. The predicted octanol–water partition coefficient (Wildman–Crippen LogP) is 5.27. The van der Waals surface area contributed by atoms with Crippen molar-refractivity contribution in [2.75, 3.05) is 20.2 Å². The molecule has 0 bridgehead atoms. The molecule has 1 aromatic carbocycles. The Labute approximate surface area is 140 Å². The van der Waals surface area contributed by atoms with Gasteiger partial charge < -0.3 is 9.64 Å². The Morgan fingerprint density at radius 2 is 1.91 bits per heavy atom. The Kier molecular flexibility index (Phi) is 10.7. The molecule has 1 unspecified atom stereocenters. The van der Waals surface area contributed by atoms with Crippen molar-refractivity contribution in [3.8, 4) is 5.75 Å². The van der Waals surface area contributed by atoms with Crippen LogP contribution in [0.15, 0.2) is 18.2 Å². The van der Waals surface area contributed by atoms with Crippen molar-refractivity contribution in [1.29, 1.82) is 0 Å². The molecule has 0 aromatic heterocycles. The van der Waals surface area contributed by atoms with E-state index in [1.54, 1.807) is 25.3 Å². The third-order valence-electron chi connectivity index (χ3n) is 3.34. The summed E-state index contributed by atoms with van der Waals surface area (Å²) in [5.74, 6) is 1.16. The first-order valence-corrected chi connectivity index (χ1v) is 8.62. The van der Waals surface area contributed by atoms with Crippen molar-refractivity contribution in [3.05, 3.63) is 28.8 Å². The van der Waals surface area contributed by atoms with Gasteiger partial charge in [-0.3, -0.25) is 4.79 Å². The molecule has 1 saturated heterocycles. The summed E-state index contributed by atoms with van der Waals surface area (Å²) >= 11 is 5.96. The number of carbonyl (C=O) groups is 1. The number of likely N-dealkylation sites (tertiary alicyclic amines) is 1. The van der Waals surface area contributed by atoms with Crippen LogP contribution in [0.25, 0.3) is 0 Å². The topological polar surface area (TPSA) is 29.5 Å². The molecular weight excluding hydrogens is 298 g/mol. The Hall–Kier alpha value is -1.22. The third kappa shape index (κ3) is 5.88. The lowest BCUT2D eigenvalue weighted by atomic mass is 9.99. The Morgan fingerprint density at radius 3 is 2.45 bits per heavy atom. The lowest BCUT2D eigenvalue weighted by molar-refractivity contribution is 0.0679. The number of ether oxygens (including phenoxy) is 1. The summed E-state index contributed by atoms with van der Waals surface area (Å²) < 4.78 is 5.23. The van der Waals surface area contributed by atoms with Crippen LogP contribution in [0.3, 0.4) is 0 Å². The van der Waals surface area contributed by atoms with Crippen molar-refractivity contribution in [3.63, 3.8) is 0 Å². The van der Waals surface area contributed by atoms with E-state index >= 15 is 0 Å². The lowest BCUT2D eigenvalue weighted by Crippen LogP contribution is -2.39. The Bertz CT molecular complexity index is 449. The molecule has 1 aliphatic rings. The molecule has 1 aromatic rings. The van der Waals surface area contributed by atoms with Gasteiger partial charge >= 0.3 is 0 Å². The number of amides is 1. The van der Waals surface area contributed by atoms with Crippen LogP contribution >= 0.6 is 11.6 Å². The summed E-state index contributed by atoms with van der Waals surface area (Å²) in [7, 11) is 1.57. The SMILES string of the molecule is CC.CC.COc1ccc(Cl)cc1C(=O)N1CCCC(C)C1. The number of halogens is 1. The van der Waals surface area contributed by atoms with Crippen LogP contribution < -0.4 is 4.74 Å². The minimum absolute atomic E-state index is 0.0147. The molecule has 1 amide bonds. The van der Waals surface area contributed by atoms with Crippen LogP contribution in [0, 0.1) is 5.92 Å². The molecule has 0 aliphatic carbocycles. The van der Waals surface area contributed by atoms with Crippen molar-refractivity contribution in [2.24, 2.45) is 5.92 Å². The second-order valence-corrected chi connectivity index (χ2v) is 5.28. The predicted molar refractivity (Wildman–Crippen MR) is 95.0 cm³/mol. The van der Waals surface area contributed by atoms with Gasteiger partial charge in [-0.25, -0.2) is 0 Å². The summed E-state index contributed by atoms with van der Waals surface area (Å²) in [5.41, 5.74) is 0.555. The molecule has 1 fully saturated rings. The number of nitrogens with zero attached hydrogens (tertiary/aromatic N) is 1. The number of benzene rings is 1. The fourth-order valence-electron chi connectivity index (χ4n) is 2.39. The molecule has 0 saturated carbocycles. The molecule has 1 atom stereocenters. The molecule has 3 nitrogen and oxygen atoms in total. The minimum atomic E-state index is 0.0147. The van der Waals surface area contributed by atoms with Crippen LogP contribution in [0.1, 0.15) is 57.8 Å². The summed E-state index contributed by atoms with van der Waals surface area (Å²) in [6, 6.07) is 5.15. The van der Waals surface area contributed by atoms with Gasteiger partial charge in [0.25, 0.3) is 5.91 Å². The fourth-order valence-corrected chi connectivity index (χ4v) is 2.56. The van der Waals surface area contributed by atoms with Gasteiger partial charge in [-0.2, -0.15) is 0 Å². The largest absolute Gasteiger partial charge is 0.496 e. The van der Waals surface area contributed by atoms with E-state index in [9.17, 15) is 4.79 Å². The maximum absolute atomic E-state index is 12.5. The van der Waals surface area contributed by atoms with Gasteiger partial charge in [-0.1, -0.05) is 46.2 Å². The average molecular weight is 328 g/mol. The molecule has 0 N–H and O–H groups in total. The molecule has 0 radical (unpaired) electrons. The van der Waals surface area contributed by atoms with Crippen molar-refractivity contribution in [1.82, 2.24) is 4.90 Å². The molecule has 4 heteroatoms. The summed E-state index contributed by atoms with van der Waals surface area (Å²) in [6.45, 7) is 11.8. The number of carbonyl (C=O) groups excluding carboxylic acids is 1. The monoisotopic (exact) mass is 327 g/mol. The number of methoxy groups -OCH3 is 1. The van der Waals surface area contributed by atoms with E-state index in [1.807, 2.05) is 32.6 Å². The van der Waals surface area contributed by atoms with E-state index in [0.717, 1.165) is 19.5 Å². The average Bonchev–Trinajstić information content (AvgIpc) is 2.58. The zero-order valence-corrected chi connectivity index (χ0v) is 15.5. The summed E-state index contributed by atoms with van der Waals surface area (Å²) in [5, 5.41) is 0.559. The first-order chi connectivity index (χ1) is 10.6. The van der Waals surface area contributed by atoms with E-state index in [2.05, 4.69) is 6.92 Å². The Balaban J connectivity index is 0.00000102. The van der Waals surface area contributed by atoms with E-state index in [-0.39, 0.29) is 5.91 Å². The second kappa shape index (κ2) is 11.4. The smallest absolute Gasteiger partial charge is 0.257 e. The second-order valence-electron chi connectivity index (χ2n) is 4.84. The van der Waals surface area contributed by atoms with Crippen LogP contribution in [0.4, 0.5) is 0 Å². The maximum atomic E-state index is 12.5. The molecule has 22 heavy (non-hydrogen) atoms. The van der Waals surface area contributed by atoms with Crippen LogP contribution in [0.2, 0.25) is 5.02 Å². The zero-order valence-electron chi connectivity index (χ0n) is 14.8. The summed E-state index contributed by atoms with van der Waals surface area (Å²) in [6.07, 6.45) is 2.26. The van der Waals surface area contributed by atoms with E-state index in [0.29, 0.717) is 22.3 Å². The molecule has 0 spiro atoms. The Morgan fingerprint density at radius 1 is 1.27 bits per heavy atom. The summed E-state index contributed by atoms with van der Waals surface area (Å²) in [4.78, 5) is 14.4. The van der Waals surface area contributed by atoms with Crippen molar-refractivity contribution in [2.45, 2.75) is 47.5 Å². The highest BCUT2D eigenvalue weighted by Gasteiger charge is 2.24. The van der Waals surface area contributed by atoms with E-state index in [4.69, 9.17) is 16.3 Å². The number of piperidine rings is 1. The van der Waals surface area contributed by atoms with Crippen LogP contribution in [0.5, 0.6) is 5.75 Å². The maximum Gasteiger partial charge on any atom is 0.257 e. The van der Waals surface area contributed by atoms with Gasteiger partial charge in [0.15, 0.2) is 0 Å². The minimum Gasteiger partial charge on any atom is -0.496 e. The molecule has 2 rings (SSSR count). The van der Waals surface area contributed by atoms with Crippen molar-refractivity contribution >= 4 is 17.5 Å². The van der Waals surface area contributed by atoms with Gasteiger partial charge in [-0.05, 0) is 37.0 Å². The molecule has 1 aliphatic heterocycles. The number of hydrogen-bond donors (Lipinski definition) is 0. The first kappa shape index (κ1) is 20.8. The zero-order chi connectivity index (χ0) is 17.1. The van der Waals surface area contributed by atoms with Gasteiger partial charge in [0.05, 0.1) is 12.7 Å². The number of hydrogen-bond acceptors (Lipinski definition) is 2. The van der Waals surface area contributed by atoms with Crippen LogP contribution in [-0.4, -0.2) is 31.0 Å². The normalized spacial score (nSPS) is 16.7. The quantitative estimate of drug-likeness (QED) is 0.740. The molecular formula is C18H30ClNO2. The van der Waals surface area contributed by atoms with E-state index in [1.165, 1.54) is 6.42 Å². The standard InChI is InChI=1S/C14H18ClNO2.2C2H6/c1-10-4-3-7-16(9-10)14(17)12-8-11(15)5-6-13(12)18-2;2*1-2/h5-6,8,10H,3-4,7,9H2,1-2H3;2*1-2H3. The van der Waals surface area contributed by atoms with Gasteiger partial charge in [-0.15, -0.1) is 0 Å². The van der Waals surface area contributed by atoms with Crippen molar-refractivity contribution < 1.29 is 9.53 Å². The first-order valence-electron chi connectivity index (χ1n) is 8.24. The lowest BCUT2D eigenvalue weighted by Gasteiger charge is -2.31. The van der Waals surface area contributed by atoms with Gasteiger partial charge in [0.1, 0.15) is 5.75 Å².